The highest BCUT2D eigenvalue weighted by Gasteiger charge is 2.34. The van der Waals surface area contributed by atoms with Crippen LogP contribution in [0.2, 0.25) is 19.6 Å². The van der Waals surface area contributed by atoms with E-state index in [0.717, 1.165) is 5.76 Å². The van der Waals surface area contributed by atoms with Crippen molar-refractivity contribution in [2.75, 3.05) is 0 Å². The number of hydrogen-bond donors (Lipinski definition) is 0. The second-order valence-electron chi connectivity index (χ2n) is 4.17. The van der Waals surface area contributed by atoms with Crippen LogP contribution in [-0.4, -0.2) is 12.1 Å². The van der Waals surface area contributed by atoms with Crippen molar-refractivity contribution in [3.05, 3.63) is 11.8 Å². The standard InChI is InChI=1S/C9H17Cl3OSi/c1-6-8(13-14(3,4)5)7(2)9(10,11)12/h6-7H,1-5H3/b8-6+. The minimum absolute atomic E-state index is 0.218. The van der Waals surface area contributed by atoms with Crippen LogP contribution >= 0.6 is 34.8 Å². The van der Waals surface area contributed by atoms with Crippen molar-refractivity contribution < 1.29 is 4.43 Å². The third-order valence-corrected chi connectivity index (χ3v) is 3.46. The predicted octanol–water partition coefficient (Wildman–Crippen LogP) is 4.75. The number of allylic oxidation sites excluding steroid dienone is 2. The van der Waals surface area contributed by atoms with Gasteiger partial charge in [-0.05, 0) is 26.6 Å². The van der Waals surface area contributed by atoms with Gasteiger partial charge in [0.1, 0.15) is 0 Å². The zero-order valence-corrected chi connectivity index (χ0v) is 12.5. The Kier molecular flexibility index (Phi) is 5.34. The van der Waals surface area contributed by atoms with E-state index in [1.807, 2.05) is 19.9 Å². The van der Waals surface area contributed by atoms with Crippen LogP contribution in [0.1, 0.15) is 13.8 Å². The Morgan fingerprint density at radius 3 is 1.93 bits per heavy atom. The molecule has 0 spiro atoms. The van der Waals surface area contributed by atoms with Crippen LogP contribution in [0.25, 0.3) is 0 Å². The number of hydrogen-bond acceptors (Lipinski definition) is 1. The van der Waals surface area contributed by atoms with Gasteiger partial charge in [-0.1, -0.05) is 47.8 Å². The maximum Gasteiger partial charge on any atom is 0.241 e. The average molecular weight is 276 g/mol. The summed E-state index contributed by atoms with van der Waals surface area (Å²) in [7, 11) is -1.63. The number of halogens is 3. The summed E-state index contributed by atoms with van der Waals surface area (Å²) in [5, 5.41) is 0. The molecule has 0 aliphatic heterocycles. The summed E-state index contributed by atoms with van der Waals surface area (Å²) < 4.78 is 4.52. The fourth-order valence-electron chi connectivity index (χ4n) is 0.912. The Labute approximate surface area is 102 Å². The van der Waals surface area contributed by atoms with Crippen LogP contribution in [0, 0.1) is 5.92 Å². The molecule has 0 fully saturated rings. The van der Waals surface area contributed by atoms with E-state index in [2.05, 4.69) is 19.6 Å². The Morgan fingerprint density at radius 2 is 1.71 bits per heavy atom. The van der Waals surface area contributed by atoms with Crippen LogP contribution in [0.4, 0.5) is 0 Å². The first kappa shape index (κ1) is 14.6. The molecule has 0 aromatic carbocycles. The summed E-state index contributed by atoms with van der Waals surface area (Å²) >= 11 is 17.4. The van der Waals surface area contributed by atoms with Gasteiger partial charge in [-0.2, -0.15) is 0 Å². The maximum atomic E-state index is 5.82. The van der Waals surface area contributed by atoms with Crippen LogP contribution in [0.5, 0.6) is 0 Å². The van der Waals surface area contributed by atoms with E-state index >= 15 is 0 Å². The third-order valence-electron chi connectivity index (χ3n) is 1.63. The molecule has 0 heterocycles. The van der Waals surface area contributed by atoms with Gasteiger partial charge in [0.05, 0.1) is 11.7 Å². The van der Waals surface area contributed by atoms with Gasteiger partial charge in [0, 0.05) is 0 Å². The summed E-state index contributed by atoms with van der Waals surface area (Å²) in [4.78, 5) is 0. The molecule has 0 aliphatic carbocycles. The summed E-state index contributed by atoms with van der Waals surface area (Å²) in [5.74, 6) is 0.549. The molecule has 0 saturated heterocycles. The fourth-order valence-corrected chi connectivity index (χ4v) is 2.24. The van der Waals surface area contributed by atoms with Gasteiger partial charge in [0.15, 0.2) is 3.79 Å². The van der Waals surface area contributed by atoms with E-state index < -0.39 is 12.1 Å². The van der Waals surface area contributed by atoms with E-state index in [4.69, 9.17) is 39.2 Å². The van der Waals surface area contributed by atoms with Gasteiger partial charge < -0.3 is 4.43 Å². The van der Waals surface area contributed by atoms with Gasteiger partial charge in [-0.3, -0.25) is 0 Å². The molecule has 1 atom stereocenters. The van der Waals surface area contributed by atoms with Crippen LogP contribution in [-0.2, 0) is 4.43 Å². The summed E-state index contributed by atoms with van der Waals surface area (Å²) in [5.41, 5.74) is 0. The molecule has 0 radical (unpaired) electrons. The summed E-state index contributed by atoms with van der Waals surface area (Å²) in [6.45, 7) is 10.0. The highest BCUT2D eigenvalue weighted by Crippen LogP contribution is 2.39. The lowest BCUT2D eigenvalue weighted by molar-refractivity contribution is 0.353. The molecular formula is C9H17Cl3OSi. The van der Waals surface area contributed by atoms with Gasteiger partial charge in [0.2, 0.25) is 8.32 Å². The van der Waals surface area contributed by atoms with E-state index in [9.17, 15) is 0 Å². The zero-order valence-electron chi connectivity index (χ0n) is 9.20. The Hall–Kier alpha value is 0.627. The zero-order chi connectivity index (χ0) is 11.6. The largest absolute Gasteiger partial charge is 0.547 e. The molecule has 1 unspecified atom stereocenters. The van der Waals surface area contributed by atoms with Gasteiger partial charge >= 0.3 is 0 Å². The number of alkyl halides is 3. The van der Waals surface area contributed by atoms with Crippen molar-refractivity contribution in [1.29, 1.82) is 0 Å². The first-order chi connectivity index (χ1) is 6.08. The SMILES string of the molecule is C/C=C(/O[Si](C)(C)C)C(C)C(Cl)(Cl)Cl. The maximum absolute atomic E-state index is 5.82. The molecule has 1 nitrogen and oxygen atoms in total. The molecule has 0 amide bonds. The highest BCUT2D eigenvalue weighted by atomic mass is 35.6. The van der Waals surface area contributed by atoms with E-state index in [0.29, 0.717) is 0 Å². The first-order valence-corrected chi connectivity index (χ1v) is 9.04. The quantitative estimate of drug-likeness (QED) is 0.410. The second-order valence-corrected chi connectivity index (χ2v) is 11.0. The minimum Gasteiger partial charge on any atom is -0.547 e. The molecule has 5 heteroatoms. The van der Waals surface area contributed by atoms with Gasteiger partial charge in [0.25, 0.3) is 0 Å². The van der Waals surface area contributed by atoms with Crippen molar-refractivity contribution in [2.45, 2.75) is 37.3 Å². The molecule has 0 aliphatic rings. The van der Waals surface area contributed by atoms with Crippen molar-refractivity contribution in [1.82, 2.24) is 0 Å². The average Bonchev–Trinajstić information content (AvgIpc) is 1.95. The van der Waals surface area contributed by atoms with Gasteiger partial charge in [-0.25, -0.2) is 0 Å². The molecule has 0 bridgehead atoms. The number of rotatable bonds is 3. The lowest BCUT2D eigenvalue weighted by atomic mass is 10.1. The van der Waals surface area contributed by atoms with Crippen LogP contribution < -0.4 is 0 Å². The molecule has 0 rings (SSSR count). The molecule has 0 aromatic rings. The highest BCUT2D eigenvalue weighted by molar-refractivity contribution is 6.70. The van der Waals surface area contributed by atoms with E-state index in [-0.39, 0.29) is 5.92 Å². The normalized spacial score (nSPS) is 16.7. The van der Waals surface area contributed by atoms with Crippen molar-refractivity contribution >= 4 is 43.1 Å². The van der Waals surface area contributed by atoms with Crippen molar-refractivity contribution in [3.8, 4) is 0 Å². The van der Waals surface area contributed by atoms with Crippen LogP contribution in [0.3, 0.4) is 0 Å². The molecule has 84 valence electrons. The van der Waals surface area contributed by atoms with Gasteiger partial charge in [-0.15, -0.1) is 0 Å². The van der Waals surface area contributed by atoms with E-state index in [1.165, 1.54) is 0 Å². The fraction of sp³-hybridized carbons (Fsp3) is 0.778. The second kappa shape index (κ2) is 5.11. The van der Waals surface area contributed by atoms with Crippen LogP contribution in [0.15, 0.2) is 11.8 Å². The monoisotopic (exact) mass is 274 g/mol. The lowest BCUT2D eigenvalue weighted by Crippen LogP contribution is -2.30. The molecular weight excluding hydrogens is 259 g/mol. The molecule has 0 N–H and O–H groups in total. The molecule has 0 aromatic heterocycles. The van der Waals surface area contributed by atoms with Crippen molar-refractivity contribution in [3.63, 3.8) is 0 Å². The Balaban J connectivity index is 4.62. The first-order valence-electron chi connectivity index (χ1n) is 4.50. The van der Waals surface area contributed by atoms with E-state index in [1.54, 1.807) is 0 Å². The minimum atomic E-state index is -1.63. The predicted molar refractivity (Wildman–Crippen MR) is 67.6 cm³/mol. The lowest BCUT2D eigenvalue weighted by Gasteiger charge is -2.29. The van der Waals surface area contributed by atoms with Crippen molar-refractivity contribution in [2.24, 2.45) is 5.92 Å². The summed E-state index contributed by atoms with van der Waals surface area (Å²) in [6, 6.07) is 0. The topological polar surface area (TPSA) is 9.23 Å². The Bertz CT molecular complexity index is 215. The molecule has 0 saturated carbocycles. The smallest absolute Gasteiger partial charge is 0.241 e. The Morgan fingerprint density at radius 1 is 1.29 bits per heavy atom. The third kappa shape index (κ3) is 5.49. The summed E-state index contributed by atoms with van der Waals surface area (Å²) in [6.07, 6.45) is 1.87. The molecule has 14 heavy (non-hydrogen) atoms.